The van der Waals surface area contributed by atoms with Crippen LogP contribution in [-0.4, -0.2) is 69.3 Å². The van der Waals surface area contributed by atoms with Crippen LogP contribution in [0, 0.1) is 0 Å². The number of nitrogens with one attached hydrogen (secondary N) is 1. The van der Waals surface area contributed by atoms with Crippen molar-refractivity contribution in [1.29, 1.82) is 0 Å². The molecule has 1 fully saturated rings. The number of carbonyl (C=O) groups excluding carboxylic acids is 2. The third-order valence-electron chi connectivity index (χ3n) is 4.65. The topological polar surface area (TPSA) is 116 Å². The maximum absolute atomic E-state index is 12.7. The number of aromatic nitrogens is 2. The fraction of sp³-hybridized carbons (Fsp3) is 0.316. The molecule has 12 heteroatoms. The summed E-state index contributed by atoms with van der Waals surface area (Å²) in [6.45, 7) is 0. The van der Waals surface area contributed by atoms with Gasteiger partial charge in [-0.2, -0.15) is 0 Å². The van der Waals surface area contributed by atoms with Crippen LogP contribution in [0.4, 0.5) is 5.13 Å². The van der Waals surface area contributed by atoms with E-state index in [1.54, 1.807) is 0 Å². The van der Waals surface area contributed by atoms with Gasteiger partial charge in [0.1, 0.15) is 17.1 Å². The zero-order valence-electron chi connectivity index (χ0n) is 16.6. The quantitative estimate of drug-likeness (QED) is 0.574. The number of carboxylic acids is 1. The standard InChI is InChI=1S/C19H19N5O4S3/c1-23(2)18-21-22-19(31-18)30-11-9-29-16-13(15(26)24(16)14(11)17(27)28)20-12(25)8-10-6-4-3-5-7-10/h3-7,13,16H,8-9H2,1-2H3,(H,20,25)(H,27,28)/t13-,16-/m1/s1. The van der Waals surface area contributed by atoms with E-state index in [0.717, 1.165) is 5.56 Å². The van der Waals surface area contributed by atoms with Crippen molar-refractivity contribution in [2.45, 2.75) is 22.2 Å². The van der Waals surface area contributed by atoms with E-state index in [-0.39, 0.29) is 18.0 Å². The molecule has 1 aromatic carbocycles. The Morgan fingerprint density at radius 3 is 2.68 bits per heavy atom. The monoisotopic (exact) mass is 477 g/mol. The first-order chi connectivity index (χ1) is 14.8. The molecule has 1 saturated heterocycles. The Labute approximate surface area is 190 Å². The van der Waals surface area contributed by atoms with Gasteiger partial charge in [0.15, 0.2) is 4.34 Å². The summed E-state index contributed by atoms with van der Waals surface area (Å²) < 4.78 is 0.609. The number of nitrogens with zero attached hydrogens (tertiary/aromatic N) is 4. The van der Waals surface area contributed by atoms with Crippen molar-refractivity contribution in [3.63, 3.8) is 0 Å². The number of thioether (sulfide) groups is 2. The summed E-state index contributed by atoms with van der Waals surface area (Å²) in [6, 6.07) is 8.51. The normalized spacial score (nSPS) is 20.2. The van der Waals surface area contributed by atoms with Gasteiger partial charge >= 0.3 is 5.97 Å². The largest absolute Gasteiger partial charge is 0.477 e. The molecule has 2 aliphatic rings. The van der Waals surface area contributed by atoms with E-state index in [1.165, 1.54) is 39.8 Å². The molecule has 2 atom stereocenters. The average molecular weight is 478 g/mol. The molecular weight excluding hydrogens is 458 g/mol. The number of carboxylic acid groups (broad SMARTS) is 1. The van der Waals surface area contributed by atoms with E-state index in [4.69, 9.17) is 0 Å². The zero-order valence-corrected chi connectivity index (χ0v) is 19.1. The Bertz CT molecular complexity index is 1060. The predicted octanol–water partition coefficient (Wildman–Crippen LogP) is 1.64. The van der Waals surface area contributed by atoms with Crippen LogP contribution in [0.15, 0.2) is 45.3 Å². The number of benzene rings is 1. The van der Waals surface area contributed by atoms with Crippen molar-refractivity contribution >= 4 is 57.8 Å². The third kappa shape index (κ3) is 4.41. The highest BCUT2D eigenvalue weighted by Gasteiger charge is 2.54. The van der Waals surface area contributed by atoms with Crippen molar-refractivity contribution in [2.24, 2.45) is 0 Å². The van der Waals surface area contributed by atoms with Crippen LogP contribution in [0.5, 0.6) is 0 Å². The van der Waals surface area contributed by atoms with Crippen molar-refractivity contribution < 1.29 is 19.5 Å². The summed E-state index contributed by atoms with van der Waals surface area (Å²) in [5.74, 6) is -1.45. The Hall–Kier alpha value is -2.57. The van der Waals surface area contributed by atoms with Crippen molar-refractivity contribution in [2.75, 3.05) is 24.7 Å². The summed E-state index contributed by atoms with van der Waals surface area (Å²) in [6.07, 6.45) is 0.163. The number of anilines is 1. The number of carbonyl (C=O) groups is 3. The lowest BCUT2D eigenvalue weighted by molar-refractivity contribution is -0.150. The lowest BCUT2D eigenvalue weighted by Gasteiger charge is -2.49. The van der Waals surface area contributed by atoms with Crippen molar-refractivity contribution in [3.8, 4) is 0 Å². The third-order valence-corrected chi connectivity index (χ3v) is 8.34. The van der Waals surface area contributed by atoms with Crippen LogP contribution in [0.1, 0.15) is 5.56 Å². The van der Waals surface area contributed by atoms with E-state index >= 15 is 0 Å². The first kappa shape index (κ1) is 21.7. The van der Waals surface area contributed by atoms with Crippen LogP contribution < -0.4 is 10.2 Å². The lowest BCUT2D eigenvalue weighted by atomic mass is 10.0. The minimum atomic E-state index is -1.17. The minimum absolute atomic E-state index is 0.0473. The van der Waals surface area contributed by atoms with E-state index in [9.17, 15) is 19.5 Å². The highest BCUT2D eigenvalue weighted by molar-refractivity contribution is 8.07. The number of amides is 2. The first-order valence-corrected chi connectivity index (χ1v) is 12.0. The number of fused-ring (bicyclic) bond motifs is 1. The molecule has 0 spiro atoms. The molecule has 9 nitrogen and oxygen atoms in total. The Morgan fingerprint density at radius 2 is 2.03 bits per heavy atom. The summed E-state index contributed by atoms with van der Waals surface area (Å²) >= 11 is 3.99. The molecule has 162 valence electrons. The second-order valence-electron chi connectivity index (χ2n) is 7.04. The van der Waals surface area contributed by atoms with Gasteiger partial charge in [-0.1, -0.05) is 53.4 Å². The molecule has 0 saturated carbocycles. The second kappa shape index (κ2) is 8.89. The molecule has 0 bridgehead atoms. The lowest BCUT2D eigenvalue weighted by Crippen LogP contribution is -2.70. The Balaban J connectivity index is 1.47. The number of aliphatic carboxylic acids is 1. The molecule has 0 unspecified atom stereocenters. The smallest absolute Gasteiger partial charge is 0.353 e. The summed E-state index contributed by atoms with van der Waals surface area (Å²) in [5.41, 5.74) is 0.799. The van der Waals surface area contributed by atoms with Crippen LogP contribution >= 0.6 is 34.9 Å². The van der Waals surface area contributed by atoms with Crippen LogP contribution in [0.25, 0.3) is 0 Å². The van der Waals surface area contributed by atoms with Crippen LogP contribution in [-0.2, 0) is 20.8 Å². The molecule has 31 heavy (non-hydrogen) atoms. The van der Waals surface area contributed by atoms with Crippen LogP contribution in [0.2, 0.25) is 0 Å². The fourth-order valence-electron chi connectivity index (χ4n) is 3.20. The molecule has 0 aliphatic carbocycles. The second-order valence-corrected chi connectivity index (χ2v) is 10.4. The van der Waals surface area contributed by atoms with Gasteiger partial charge < -0.3 is 15.3 Å². The molecule has 3 heterocycles. The number of β-lactam (4-membered cyclic amide) rings is 1. The van der Waals surface area contributed by atoms with Gasteiger partial charge in [0.25, 0.3) is 5.91 Å². The molecule has 4 rings (SSSR count). The van der Waals surface area contributed by atoms with Crippen molar-refractivity contribution in [1.82, 2.24) is 20.4 Å². The maximum Gasteiger partial charge on any atom is 0.353 e. The van der Waals surface area contributed by atoms with E-state index in [0.29, 0.717) is 20.1 Å². The average Bonchev–Trinajstić information content (AvgIpc) is 3.21. The summed E-state index contributed by atoms with van der Waals surface area (Å²) in [5, 5.41) is 21.0. The van der Waals surface area contributed by atoms with Gasteiger partial charge in [-0.25, -0.2) is 4.79 Å². The summed E-state index contributed by atoms with van der Waals surface area (Å²) in [7, 11) is 3.70. The fourth-order valence-corrected chi connectivity index (χ4v) is 6.61. The number of hydrogen-bond acceptors (Lipinski definition) is 9. The molecule has 2 aliphatic heterocycles. The SMILES string of the molecule is CN(C)c1nnc(SC2=C(C(=O)O)N3C(=O)[C@@H](NC(=O)Cc4ccccc4)[C@H]3SC2)s1. The predicted molar refractivity (Wildman–Crippen MR) is 120 cm³/mol. The van der Waals surface area contributed by atoms with Crippen molar-refractivity contribution in [3.05, 3.63) is 46.5 Å². The molecule has 0 radical (unpaired) electrons. The molecule has 1 aromatic heterocycles. The van der Waals surface area contributed by atoms with Gasteiger partial charge in [-0.3, -0.25) is 14.5 Å². The van der Waals surface area contributed by atoms with Gasteiger partial charge in [-0.05, 0) is 5.56 Å². The van der Waals surface area contributed by atoms with E-state index < -0.39 is 23.3 Å². The summed E-state index contributed by atoms with van der Waals surface area (Å²) in [4.78, 5) is 40.7. The molecule has 2 aromatic rings. The molecular formula is C19H19N5O4S3. The zero-order chi connectivity index (χ0) is 22.1. The number of hydrogen-bond donors (Lipinski definition) is 2. The van der Waals surface area contributed by atoms with Gasteiger partial charge in [0, 0.05) is 24.8 Å². The van der Waals surface area contributed by atoms with Gasteiger partial charge in [0.05, 0.1) is 6.42 Å². The van der Waals surface area contributed by atoms with E-state index in [1.807, 2.05) is 49.3 Å². The van der Waals surface area contributed by atoms with Crippen LogP contribution in [0.3, 0.4) is 0 Å². The first-order valence-electron chi connectivity index (χ1n) is 9.28. The maximum atomic E-state index is 12.7. The highest BCUT2D eigenvalue weighted by atomic mass is 32.2. The van der Waals surface area contributed by atoms with Gasteiger partial charge in [0.2, 0.25) is 11.0 Å². The minimum Gasteiger partial charge on any atom is -0.477 e. The number of rotatable bonds is 7. The highest BCUT2D eigenvalue weighted by Crippen LogP contribution is 2.45. The molecule has 2 amide bonds. The Morgan fingerprint density at radius 1 is 1.29 bits per heavy atom. The van der Waals surface area contributed by atoms with Gasteiger partial charge in [-0.15, -0.1) is 22.0 Å². The Kier molecular flexibility index (Phi) is 6.21. The molecule has 2 N–H and O–H groups in total. The van der Waals surface area contributed by atoms with E-state index in [2.05, 4.69) is 15.5 Å².